The summed E-state index contributed by atoms with van der Waals surface area (Å²) in [6, 6.07) is 0. The van der Waals surface area contributed by atoms with Crippen molar-refractivity contribution in [3.8, 4) is 0 Å². The summed E-state index contributed by atoms with van der Waals surface area (Å²) < 4.78 is 68.9. The fourth-order valence-corrected chi connectivity index (χ4v) is 15.0. The van der Waals surface area contributed by atoms with Crippen molar-refractivity contribution in [2.45, 2.75) is 477 Å². The van der Waals surface area contributed by atoms with Crippen LogP contribution in [0.5, 0.6) is 0 Å². The van der Waals surface area contributed by atoms with Gasteiger partial charge in [0.05, 0.1) is 26.4 Å². The minimum Gasteiger partial charge on any atom is -0.462 e. The average molecular weight is 1540 g/mol. The SMILES string of the molecule is CCCCCCCCCCCCCCCCCCCCCC(=O)OC[C@H](COP(=O)(O)OC[C@@H](O)COP(=O)(O)OC[C@@H](COC(=O)CCCCCCCCC(C)C)OC(=O)CCCCCCCCCCCCCCCCCC(C)C)OC(=O)CCCCCCCCCCCCCCCCCCCCC. The maximum absolute atomic E-state index is 13.1. The van der Waals surface area contributed by atoms with Crippen molar-refractivity contribution in [3.63, 3.8) is 0 Å². The normalized spacial score (nSPS) is 13.8. The second-order valence-corrected chi connectivity index (χ2v) is 34.8. The van der Waals surface area contributed by atoms with Crippen LogP contribution in [0, 0.1) is 11.8 Å². The molecule has 17 nitrogen and oxygen atoms in total. The molecule has 0 aliphatic carbocycles. The summed E-state index contributed by atoms with van der Waals surface area (Å²) in [4.78, 5) is 73.2. The van der Waals surface area contributed by atoms with E-state index in [0.717, 1.165) is 102 Å². The predicted molar refractivity (Wildman–Crippen MR) is 432 cm³/mol. The molecule has 0 fully saturated rings. The van der Waals surface area contributed by atoms with E-state index in [1.54, 1.807) is 0 Å². The summed E-state index contributed by atoms with van der Waals surface area (Å²) in [5, 5.41) is 10.7. The van der Waals surface area contributed by atoms with Crippen molar-refractivity contribution >= 4 is 39.5 Å². The van der Waals surface area contributed by atoms with E-state index in [1.165, 1.54) is 270 Å². The maximum Gasteiger partial charge on any atom is 0.472 e. The lowest BCUT2D eigenvalue weighted by atomic mass is 10.0. The molecule has 0 aliphatic rings. The number of phosphoric acid groups is 2. The van der Waals surface area contributed by atoms with Crippen LogP contribution in [0.2, 0.25) is 0 Å². The molecule has 0 aromatic rings. The second-order valence-electron chi connectivity index (χ2n) is 31.9. The van der Waals surface area contributed by atoms with Gasteiger partial charge in [0.15, 0.2) is 12.2 Å². The van der Waals surface area contributed by atoms with Gasteiger partial charge in [-0.15, -0.1) is 0 Å². The third-order valence-corrected chi connectivity index (χ3v) is 22.1. The van der Waals surface area contributed by atoms with Crippen LogP contribution in [0.25, 0.3) is 0 Å². The quantitative estimate of drug-likeness (QED) is 0.0222. The van der Waals surface area contributed by atoms with E-state index in [9.17, 15) is 43.2 Å². The first-order valence-corrected chi connectivity index (χ1v) is 47.5. The molecule has 105 heavy (non-hydrogen) atoms. The van der Waals surface area contributed by atoms with Crippen LogP contribution < -0.4 is 0 Å². The molecule has 0 aromatic heterocycles. The molecule has 5 atom stereocenters. The lowest BCUT2D eigenvalue weighted by Gasteiger charge is -2.21. The standard InChI is InChI=1S/C86H168O17P2/c1-7-9-11-13-15-17-19-21-23-25-27-29-33-37-41-45-49-56-62-68-83(88)96-74-81(102-85(90)70-64-58-50-46-42-38-34-30-28-26-24-22-20-18-16-14-12-10-8-2)76-100-104(92,93)98-72-80(87)73-99-105(94,95)101-77-82(75-97-84(89)69-63-57-53-52-55-61-67-79(5)6)103-86(91)71-65-59-51-47-43-39-35-31-32-36-40-44-48-54-60-66-78(3)4/h78-82,87H,7-77H2,1-6H3,(H,92,93)(H,94,95)/t80-,81-,82-/m1/s1. The number of carbonyl (C=O) groups excluding carboxylic acids is 4. The van der Waals surface area contributed by atoms with Gasteiger partial charge in [-0.1, -0.05) is 408 Å². The number of unbranched alkanes of at least 4 members (excludes halogenated alkanes) is 55. The number of phosphoric ester groups is 2. The molecular weight excluding hydrogens is 1370 g/mol. The molecule has 0 aromatic carbocycles. The largest absolute Gasteiger partial charge is 0.472 e. The highest BCUT2D eigenvalue weighted by Gasteiger charge is 2.30. The summed E-state index contributed by atoms with van der Waals surface area (Å²) in [5.74, 6) is -0.623. The molecule has 0 heterocycles. The van der Waals surface area contributed by atoms with Crippen LogP contribution in [0.4, 0.5) is 0 Å². The molecule has 0 amide bonds. The lowest BCUT2D eigenvalue weighted by Crippen LogP contribution is -2.30. The van der Waals surface area contributed by atoms with E-state index >= 15 is 0 Å². The Morgan fingerprint density at radius 3 is 0.648 bits per heavy atom. The molecule has 0 aliphatic heterocycles. The zero-order valence-corrected chi connectivity index (χ0v) is 70.8. The molecule has 624 valence electrons. The number of aliphatic hydroxyl groups is 1. The van der Waals surface area contributed by atoms with Crippen molar-refractivity contribution in [2.24, 2.45) is 11.8 Å². The van der Waals surface area contributed by atoms with Gasteiger partial charge in [-0.25, -0.2) is 9.13 Å². The van der Waals surface area contributed by atoms with Crippen molar-refractivity contribution < 1.29 is 80.2 Å². The highest BCUT2D eigenvalue weighted by Crippen LogP contribution is 2.45. The van der Waals surface area contributed by atoms with Gasteiger partial charge in [0.2, 0.25) is 0 Å². The number of esters is 4. The average Bonchev–Trinajstić information content (AvgIpc) is 0.915. The molecule has 2 unspecified atom stereocenters. The molecule has 0 bridgehead atoms. The topological polar surface area (TPSA) is 237 Å². The molecule has 0 radical (unpaired) electrons. The van der Waals surface area contributed by atoms with Crippen LogP contribution >= 0.6 is 15.6 Å². The van der Waals surface area contributed by atoms with Gasteiger partial charge in [0.1, 0.15) is 19.3 Å². The summed E-state index contributed by atoms with van der Waals surface area (Å²) in [5.41, 5.74) is 0. The highest BCUT2D eigenvalue weighted by molar-refractivity contribution is 7.47. The fraction of sp³-hybridized carbons (Fsp3) is 0.953. The Hall–Kier alpha value is -1.94. The lowest BCUT2D eigenvalue weighted by molar-refractivity contribution is -0.161. The Kier molecular flexibility index (Phi) is 76.0. The van der Waals surface area contributed by atoms with E-state index in [1.807, 2.05) is 0 Å². The minimum absolute atomic E-state index is 0.107. The first-order chi connectivity index (χ1) is 50.9. The van der Waals surface area contributed by atoms with Crippen LogP contribution in [-0.4, -0.2) is 96.7 Å². The Morgan fingerprint density at radius 2 is 0.438 bits per heavy atom. The van der Waals surface area contributed by atoms with Crippen molar-refractivity contribution in [3.05, 3.63) is 0 Å². The summed E-state index contributed by atoms with van der Waals surface area (Å²) in [6.07, 6.45) is 69.7. The number of hydrogen-bond donors (Lipinski definition) is 3. The van der Waals surface area contributed by atoms with Gasteiger partial charge in [-0.05, 0) is 37.5 Å². The first-order valence-electron chi connectivity index (χ1n) is 44.5. The number of aliphatic hydroxyl groups excluding tert-OH is 1. The maximum atomic E-state index is 13.1. The van der Waals surface area contributed by atoms with E-state index in [4.69, 9.17) is 37.0 Å². The zero-order chi connectivity index (χ0) is 77.1. The van der Waals surface area contributed by atoms with Crippen LogP contribution in [0.15, 0.2) is 0 Å². The second kappa shape index (κ2) is 77.4. The number of hydrogen-bond acceptors (Lipinski definition) is 15. The minimum atomic E-state index is -4.97. The monoisotopic (exact) mass is 1540 g/mol. The smallest absolute Gasteiger partial charge is 0.462 e. The molecular formula is C86H168O17P2. The third kappa shape index (κ3) is 79.9. The van der Waals surface area contributed by atoms with E-state index < -0.39 is 97.5 Å². The van der Waals surface area contributed by atoms with E-state index in [2.05, 4.69) is 41.5 Å². The summed E-state index contributed by atoms with van der Waals surface area (Å²) in [6.45, 7) is 9.61. The Bertz CT molecular complexity index is 2010. The van der Waals surface area contributed by atoms with Gasteiger partial charge in [-0.2, -0.15) is 0 Å². The summed E-state index contributed by atoms with van der Waals surface area (Å²) >= 11 is 0. The van der Waals surface area contributed by atoms with Gasteiger partial charge in [0.25, 0.3) is 0 Å². The van der Waals surface area contributed by atoms with Crippen molar-refractivity contribution in [1.82, 2.24) is 0 Å². The molecule has 0 rings (SSSR count). The molecule has 3 N–H and O–H groups in total. The van der Waals surface area contributed by atoms with Gasteiger partial charge in [-0.3, -0.25) is 37.3 Å². The molecule has 0 saturated heterocycles. The van der Waals surface area contributed by atoms with Crippen LogP contribution in [0.3, 0.4) is 0 Å². The van der Waals surface area contributed by atoms with E-state index in [-0.39, 0.29) is 25.7 Å². The zero-order valence-electron chi connectivity index (χ0n) is 69.0. The summed E-state index contributed by atoms with van der Waals surface area (Å²) in [7, 11) is -9.93. The first kappa shape index (κ1) is 103. The van der Waals surface area contributed by atoms with Gasteiger partial charge in [0, 0.05) is 25.7 Å². The molecule has 0 spiro atoms. The predicted octanol–water partition coefficient (Wildman–Crippen LogP) is 26.2. The molecule has 19 heteroatoms. The fourth-order valence-electron chi connectivity index (χ4n) is 13.4. The number of ether oxygens (including phenoxy) is 4. The Labute approximate surface area is 645 Å². The number of rotatable bonds is 85. The Balaban J connectivity index is 5.21. The molecule has 0 saturated carbocycles. The van der Waals surface area contributed by atoms with E-state index in [0.29, 0.717) is 31.6 Å². The Morgan fingerprint density at radius 1 is 0.257 bits per heavy atom. The van der Waals surface area contributed by atoms with Crippen molar-refractivity contribution in [2.75, 3.05) is 39.6 Å². The van der Waals surface area contributed by atoms with Crippen molar-refractivity contribution in [1.29, 1.82) is 0 Å². The highest BCUT2D eigenvalue weighted by atomic mass is 31.2. The van der Waals surface area contributed by atoms with Crippen LogP contribution in [-0.2, 0) is 65.4 Å². The van der Waals surface area contributed by atoms with Gasteiger partial charge >= 0.3 is 39.5 Å². The van der Waals surface area contributed by atoms with Gasteiger partial charge < -0.3 is 33.8 Å². The van der Waals surface area contributed by atoms with Crippen LogP contribution in [0.1, 0.15) is 459 Å². The third-order valence-electron chi connectivity index (χ3n) is 20.2. The number of carbonyl (C=O) groups is 4.